The zero-order valence-electron chi connectivity index (χ0n) is 14.4. The summed E-state index contributed by atoms with van der Waals surface area (Å²) in [4.78, 5) is 0. The summed E-state index contributed by atoms with van der Waals surface area (Å²) in [5, 5.41) is 3.42. The fourth-order valence-corrected chi connectivity index (χ4v) is 2.48. The van der Waals surface area contributed by atoms with E-state index in [9.17, 15) is 0 Å². The van der Waals surface area contributed by atoms with E-state index in [1.165, 1.54) is 0 Å². The molecule has 0 aliphatic heterocycles. The van der Waals surface area contributed by atoms with Crippen LogP contribution in [0, 0.1) is 0 Å². The lowest BCUT2D eigenvalue weighted by Gasteiger charge is -2.14. The smallest absolute Gasteiger partial charge is 0.150 e. The minimum atomic E-state index is 0.628. The molecule has 4 heteroatoms. The summed E-state index contributed by atoms with van der Waals surface area (Å²) >= 11 is 0. The van der Waals surface area contributed by atoms with Crippen molar-refractivity contribution in [2.75, 3.05) is 19.5 Å². The van der Waals surface area contributed by atoms with Gasteiger partial charge in [-0.1, -0.05) is 30.3 Å². The number of benzene rings is 3. The number of methoxy groups -OCH3 is 2. The zero-order valence-corrected chi connectivity index (χ0v) is 14.4. The molecule has 0 amide bonds. The normalized spacial score (nSPS) is 10.2. The average Bonchev–Trinajstić information content (AvgIpc) is 2.67. The van der Waals surface area contributed by atoms with E-state index in [0.717, 1.165) is 34.2 Å². The van der Waals surface area contributed by atoms with Crippen LogP contribution < -0.4 is 19.5 Å². The van der Waals surface area contributed by atoms with Gasteiger partial charge in [0.15, 0.2) is 5.75 Å². The van der Waals surface area contributed by atoms with Crippen LogP contribution in [0.2, 0.25) is 0 Å². The van der Waals surface area contributed by atoms with Crippen molar-refractivity contribution in [3.63, 3.8) is 0 Å². The molecule has 0 atom stereocenters. The van der Waals surface area contributed by atoms with Crippen molar-refractivity contribution >= 4 is 5.69 Å². The summed E-state index contributed by atoms with van der Waals surface area (Å²) in [5.74, 6) is 3.12. The molecule has 128 valence electrons. The summed E-state index contributed by atoms with van der Waals surface area (Å²) in [5.41, 5.74) is 1.99. The maximum atomic E-state index is 5.98. The largest absolute Gasteiger partial charge is 0.497 e. The molecule has 0 unspecified atom stereocenters. The molecule has 0 heterocycles. The maximum absolute atomic E-state index is 5.98. The molecule has 0 aliphatic carbocycles. The van der Waals surface area contributed by atoms with E-state index in [-0.39, 0.29) is 0 Å². The van der Waals surface area contributed by atoms with Crippen molar-refractivity contribution in [1.82, 2.24) is 0 Å². The fourth-order valence-electron chi connectivity index (χ4n) is 2.48. The van der Waals surface area contributed by atoms with Gasteiger partial charge in [0.05, 0.1) is 19.9 Å². The van der Waals surface area contributed by atoms with E-state index in [2.05, 4.69) is 5.32 Å². The third kappa shape index (κ3) is 4.44. The van der Waals surface area contributed by atoms with E-state index >= 15 is 0 Å². The Morgan fingerprint density at radius 2 is 1.36 bits per heavy atom. The number of hydrogen-bond acceptors (Lipinski definition) is 4. The van der Waals surface area contributed by atoms with Gasteiger partial charge >= 0.3 is 0 Å². The number of nitrogens with one attached hydrogen (secondary N) is 1. The van der Waals surface area contributed by atoms with Crippen LogP contribution in [-0.4, -0.2) is 14.2 Å². The van der Waals surface area contributed by atoms with Gasteiger partial charge in [0.25, 0.3) is 0 Å². The standard InChI is InChI=1S/C21H21NO3/c1-23-18-12-16(13-19(14-18)24-2)15-22-20-10-6-7-11-21(20)25-17-8-4-3-5-9-17/h3-14,22H,15H2,1-2H3. The Bertz CT molecular complexity index is 796. The Morgan fingerprint density at radius 1 is 0.720 bits per heavy atom. The first-order valence-electron chi connectivity index (χ1n) is 8.06. The third-order valence-corrected chi connectivity index (χ3v) is 3.75. The number of hydrogen-bond donors (Lipinski definition) is 1. The van der Waals surface area contributed by atoms with Crippen molar-refractivity contribution in [2.45, 2.75) is 6.54 Å². The third-order valence-electron chi connectivity index (χ3n) is 3.75. The van der Waals surface area contributed by atoms with Crippen LogP contribution in [-0.2, 0) is 6.54 Å². The molecule has 3 aromatic rings. The van der Waals surface area contributed by atoms with E-state index in [1.54, 1.807) is 14.2 Å². The van der Waals surface area contributed by atoms with Gasteiger partial charge in [-0.15, -0.1) is 0 Å². The fraction of sp³-hybridized carbons (Fsp3) is 0.143. The second kappa shape index (κ2) is 8.11. The summed E-state index contributed by atoms with van der Waals surface area (Å²) in [7, 11) is 3.30. The summed E-state index contributed by atoms with van der Waals surface area (Å²) in [6, 6.07) is 23.4. The summed E-state index contributed by atoms with van der Waals surface area (Å²) in [6.07, 6.45) is 0. The molecule has 0 bridgehead atoms. The van der Waals surface area contributed by atoms with Crippen LogP contribution in [0.15, 0.2) is 72.8 Å². The molecular weight excluding hydrogens is 314 g/mol. The van der Waals surface area contributed by atoms with Gasteiger partial charge in [0.2, 0.25) is 0 Å². The Balaban J connectivity index is 1.75. The molecule has 0 aliphatic rings. The first-order valence-corrected chi connectivity index (χ1v) is 8.06. The molecule has 1 N–H and O–H groups in total. The van der Waals surface area contributed by atoms with Gasteiger partial charge in [0, 0.05) is 12.6 Å². The molecule has 0 spiro atoms. The predicted octanol–water partition coefficient (Wildman–Crippen LogP) is 5.11. The van der Waals surface area contributed by atoms with Crippen LogP contribution in [0.4, 0.5) is 5.69 Å². The lowest BCUT2D eigenvalue weighted by Crippen LogP contribution is -2.02. The highest BCUT2D eigenvalue weighted by atomic mass is 16.5. The van der Waals surface area contributed by atoms with Crippen LogP contribution in [0.25, 0.3) is 0 Å². The van der Waals surface area contributed by atoms with Gasteiger partial charge in [-0.3, -0.25) is 0 Å². The number of rotatable bonds is 7. The highest BCUT2D eigenvalue weighted by Crippen LogP contribution is 2.30. The molecule has 0 saturated carbocycles. The maximum Gasteiger partial charge on any atom is 0.150 e. The van der Waals surface area contributed by atoms with Gasteiger partial charge in [0.1, 0.15) is 17.2 Å². The molecule has 0 aromatic heterocycles. The molecule has 0 saturated heterocycles. The van der Waals surface area contributed by atoms with Crippen molar-refractivity contribution in [1.29, 1.82) is 0 Å². The van der Waals surface area contributed by atoms with E-state index < -0.39 is 0 Å². The van der Waals surface area contributed by atoms with Gasteiger partial charge in [-0.05, 0) is 42.0 Å². The Kier molecular flexibility index (Phi) is 5.42. The first kappa shape index (κ1) is 16.7. The minimum Gasteiger partial charge on any atom is -0.497 e. The molecular formula is C21H21NO3. The van der Waals surface area contributed by atoms with E-state index in [1.807, 2.05) is 72.8 Å². The lowest BCUT2D eigenvalue weighted by atomic mass is 10.2. The Morgan fingerprint density at radius 3 is 2.04 bits per heavy atom. The van der Waals surface area contributed by atoms with Crippen LogP contribution in [0.3, 0.4) is 0 Å². The highest BCUT2D eigenvalue weighted by Gasteiger charge is 2.06. The van der Waals surface area contributed by atoms with E-state index in [4.69, 9.17) is 14.2 Å². The quantitative estimate of drug-likeness (QED) is 0.651. The molecule has 3 rings (SSSR count). The molecule has 0 fully saturated rings. The lowest BCUT2D eigenvalue weighted by molar-refractivity contribution is 0.393. The molecule has 0 radical (unpaired) electrons. The Labute approximate surface area is 148 Å². The monoisotopic (exact) mass is 335 g/mol. The zero-order chi connectivity index (χ0) is 17.5. The molecule has 25 heavy (non-hydrogen) atoms. The van der Waals surface area contributed by atoms with Gasteiger partial charge < -0.3 is 19.5 Å². The van der Waals surface area contributed by atoms with Crippen molar-refractivity contribution in [2.24, 2.45) is 0 Å². The summed E-state index contributed by atoms with van der Waals surface area (Å²) < 4.78 is 16.6. The number of ether oxygens (including phenoxy) is 3. The first-order chi connectivity index (χ1) is 12.3. The van der Waals surface area contributed by atoms with E-state index in [0.29, 0.717) is 6.54 Å². The Hall–Kier alpha value is -3.14. The molecule has 3 aromatic carbocycles. The van der Waals surface area contributed by atoms with Crippen molar-refractivity contribution < 1.29 is 14.2 Å². The SMILES string of the molecule is COc1cc(CNc2ccccc2Oc2ccccc2)cc(OC)c1. The minimum absolute atomic E-state index is 0.628. The van der Waals surface area contributed by atoms with Crippen LogP contribution >= 0.6 is 0 Å². The van der Waals surface area contributed by atoms with Crippen molar-refractivity contribution in [3.05, 3.63) is 78.4 Å². The average molecular weight is 335 g/mol. The highest BCUT2D eigenvalue weighted by molar-refractivity contribution is 5.58. The second-order valence-electron chi connectivity index (χ2n) is 5.49. The predicted molar refractivity (Wildman–Crippen MR) is 99.8 cm³/mol. The summed E-state index contributed by atoms with van der Waals surface area (Å²) in [6.45, 7) is 0.628. The van der Waals surface area contributed by atoms with Crippen LogP contribution in [0.1, 0.15) is 5.56 Å². The van der Waals surface area contributed by atoms with Crippen molar-refractivity contribution in [3.8, 4) is 23.0 Å². The molecule has 4 nitrogen and oxygen atoms in total. The number of anilines is 1. The number of para-hydroxylation sites is 3. The topological polar surface area (TPSA) is 39.7 Å². The second-order valence-corrected chi connectivity index (χ2v) is 5.49. The van der Waals surface area contributed by atoms with Gasteiger partial charge in [-0.25, -0.2) is 0 Å². The van der Waals surface area contributed by atoms with Gasteiger partial charge in [-0.2, -0.15) is 0 Å². The van der Waals surface area contributed by atoms with Crippen LogP contribution in [0.5, 0.6) is 23.0 Å².